The Labute approximate surface area is 76.1 Å². The molecule has 1 heterocycles. The van der Waals surface area contributed by atoms with Crippen molar-refractivity contribution in [2.24, 2.45) is 0 Å². The van der Waals surface area contributed by atoms with Gasteiger partial charge < -0.3 is 9.47 Å². The van der Waals surface area contributed by atoms with Gasteiger partial charge in [0.25, 0.3) is 0 Å². The van der Waals surface area contributed by atoms with E-state index < -0.39 is 0 Å². The lowest BCUT2D eigenvalue weighted by Crippen LogP contribution is -2.16. The molecule has 1 aliphatic heterocycles. The Kier molecular flexibility index (Phi) is 1.73. The van der Waals surface area contributed by atoms with Crippen molar-refractivity contribution < 1.29 is 9.47 Å². The van der Waals surface area contributed by atoms with Gasteiger partial charge in [0.2, 0.25) is 0 Å². The van der Waals surface area contributed by atoms with Crippen LogP contribution in [0, 0.1) is 6.92 Å². The fraction of sp³-hybridized carbons (Fsp3) is 0.222. The van der Waals surface area contributed by atoms with Gasteiger partial charge in [0.05, 0.1) is 0 Å². The second kappa shape index (κ2) is 2.75. The minimum atomic E-state index is 0.216. The topological polar surface area (TPSA) is 18.5 Å². The van der Waals surface area contributed by atoms with Gasteiger partial charge in [-0.1, -0.05) is 12.1 Å². The Hall–Kier alpha value is -1.09. The van der Waals surface area contributed by atoms with Crippen molar-refractivity contribution in [3.8, 4) is 5.75 Å². The summed E-state index contributed by atoms with van der Waals surface area (Å²) in [5, 5.41) is 0.216. The maximum atomic E-state index is 5.22. The van der Waals surface area contributed by atoms with Crippen LogP contribution in [0.3, 0.4) is 0 Å². The molecule has 0 fully saturated rings. The lowest BCUT2D eigenvalue weighted by Gasteiger charge is -2.18. The highest BCUT2D eigenvalue weighted by atomic mass is 32.1. The summed E-state index contributed by atoms with van der Waals surface area (Å²) in [7, 11) is 0. The lowest BCUT2D eigenvalue weighted by atomic mass is 10.1. The first-order valence-corrected chi connectivity index (χ1v) is 4.11. The quantitative estimate of drug-likeness (QED) is 0.570. The molecule has 12 heavy (non-hydrogen) atoms. The third-order valence-corrected chi connectivity index (χ3v) is 1.96. The van der Waals surface area contributed by atoms with E-state index in [9.17, 15) is 0 Å². The molecule has 0 spiro atoms. The third kappa shape index (κ3) is 1.28. The molecule has 0 bridgehead atoms. The van der Waals surface area contributed by atoms with E-state index in [1.54, 1.807) is 0 Å². The molecule has 0 N–H and O–H groups in total. The number of aryl methyl sites for hydroxylation is 1. The van der Waals surface area contributed by atoms with Gasteiger partial charge in [0.1, 0.15) is 12.4 Å². The zero-order valence-electron chi connectivity index (χ0n) is 6.66. The number of ether oxygens (including phenoxy) is 2. The molecule has 1 aromatic rings. The summed E-state index contributed by atoms with van der Waals surface area (Å²) < 4.78 is 10.3. The highest BCUT2D eigenvalue weighted by Gasteiger charge is 2.14. The summed E-state index contributed by atoms with van der Waals surface area (Å²) in [6, 6.07) is 5.98. The first kappa shape index (κ1) is 7.55. The van der Waals surface area contributed by atoms with Crippen molar-refractivity contribution in [3.05, 3.63) is 29.3 Å². The summed E-state index contributed by atoms with van der Waals surface area (Å²) in [6.07, 6.45) is 0. The van der Waals surface area contributed by atoms with E-state index in [1.165, 1.54) is 5.56 Å². The first-order chi connectivity index (χ1) is 5.75. The molecule has 0 radical (unpaired) electrons. The number of hydrogen-bond acceptors (Lipinski definition) is 3. The predicted octanol–water partition coefficient (Wildman–Crippen LogP) is 2.19. The molecule has 1 aromatic carbocycles. The average Bonchev–Trinajstić information content (AvgIpc) is 2.03. The minimum Gasteiger partial charge on any atom is -0.452 e. The van der Waals surface area contributed by atoms with Crippen molar-refractivity contribution in [1.29, 1.82) is 0 Å². The Morgan fingerprint density at radius 3 is 3.08 bits per heavy atom. The van der Waals surface area contributed by atoms with Crippen LogP contribution in [0.4, 0.5) is 0 Å². The lowest BCUT2D eigenvalue weighted by molar-refractivity contribution is 0.210. The van der Waals surface area contributed by atoms with E-state index in [-0.39, 0.29) is 5.24 Å². The van der Waals surface area contributed by atoms with E-state index >= 15 is 0 Å². The van der Waals surface area contributed by atoms with Crippen LogP contribution in [0.15, 0.2) is 18.2 Å². The number of thiocarbonyl (C=S) groups is 1. The van der Waals surface area contributed by atoms with Crippen LogP contribution in [0.2, 0.25) is 0 Å². The molecular weight excluding hydrogens is 172 g/mol. The van der Waals surface area contributed by atoms with Gasteiger partial charge in [-0.2, -0.15) is 0 Å². The largest absolute Gasteiger partial charge is 0.452 e. The predicted molar refractivity (Wildman–Crippen MR) is 49.2 cm³/mol. The summed E-state index contributed by atoms with van der Waals surface area (Å²) in [5.41, 5.74) is 2.22. The van der Waals surface area contributed by atoms with Gasteiger partial charge in [-0.3, -0.25) is 0 Å². The van der Waals surface area contributed by atoms with Crippen molar-refractivity contribution in [1.82, 2.24) is 0 Å². The number of rotatable bonds is 0. The Morgan fingerprint density at radius 2 is 2.25 bits per heavy atom. The molecule has 0 aromatic heterocycles. The molecule has 0 unspecified atom stereocenters. The minimum absolute atomic E-state index is 0.216. The summed E-state index contributed by atoms with van der Waals surface area (Å²) in [5.74, 6) is 0.825. The third-order valence-electron chi connectivity index (χ3n) is 1.76. The fourth-order valence-electron chi connectivity index (χ4n) is 1.13. The van der Waals surface area contributed by atoms with Crippen LogP contribution >= 0.6 is 12.2 Å². The van der Waals surface area contributed by atoms with E-state index in [1.807, 2.05) is 25.1 Å². The zero-order valence-corrected chi connectivity index (χ0v) is 7.48. The summed E-state index contributed by atoms with van der Waals surface area (Å²) >= 11 is 4.78. The van der Waals surface area contributed by atoms with Crippen molar-refractivity contribution in [2.45, 2.75) is 13.5 Å². The maximum absolute atomic E-state index is 5.22. The van der Waals surface area contributed by atoms with Crippen LogP contribution in [-0.2, 0) is 11.3 Å². The van der Waals surface area contributed by atoms with E-state index in [0.29, 0.717) is 6.61 Å². The molecule has 2 rings (SSSR count). The highest BCUT2D eigenvalue weighted by molar-refractivity contribution is 7.79. The molecule has 1 aliphatic rings. The van der Waals surface area contributed by atoms with Gasteiger partial charge in [-0.15, -0.1) is 0 Å². The average molecular weight is 180 g/mol. The van der Waals surface area contributed by atoms with Crippen LogP contribution < -0.4 is 4.74 Å². The Balaban J connectivity index is 2.44. The van der Waals surface area contributed by atoms with Gasteiger partial charge in [-0.25, -0.2) is 0 Å². The number of hydrogen-bond donors (Lipinski definition) is 0. The van der Waals surface area contributed by atoms with Crippen LogP contribution in [0.5, 0.6) is 5.75 Å². The molecule has 2 nitrogen and oxygen atoms in total. The number of fused-ring (bicyclic) bond motifs is 1. The van der Waals surface area contributed by atoms with Gasteiger partial charge in [0.15, 0.2) is 0 Å². The Bertz CT molecular complexity index is 333. The molecule has 3 heteroatoms. The zero-order chi connectivity index (χ0) is 8.55. The van der Waals surface area contributed by atoms with Crippen LogP contribution in [-0.4, -0.2) is 5.24 Å². The molecule has 0 saturated carbocycles. The normalized spacial score (nSPS) is 14.6. The summed E-state index contributed by atoms with van der Waals surface area (Å²) in [6.45, 7) is 2.54. The second-order valence-corrected chi connectivity index (χ2v) is 3.09. The van der Waals surface area contributed by atoms with Gasteiger partial charge in [-0.05, 0) is 18.6 Å². The first-order valence-electron chi connectivity index (χ1n) is 3.70. The smallest absolute Gasteiger partial charge is 0.358 e. The van der Waals surface area contributed by atoms with Gasteiger partial charge in [0, 0.05) is 17.8 Å². The monoisotopic (exact) mass is 180 g/mol. The molecular formula is C9H8O2S. The molecule has 62 valence electrons. The number of benzene rings is 1. The highest BCUT2D eigenvalue weighted by Crippen LogP contribution is 2.25. The van der Waals surface area contributed by atoms with Crippen LogP contribution in [0.25, 0.3) is 0 Å². The van der Waals surface area contributed by atoms with Gasteiger partial charge >= 0.3 is 5.24 Å². The molecule has 0 aliphatic carbocycles. The molecule has 0 amide bonds. The van der Waals surface area contributed by atoms with Crippen molar-refractivity contribution in [3.63, 3.8) is 0 Å². The van der Waals surface area contributed by atoms with Crippen molar-refractivity contribution >= 4 is 17.5 Å². The van der Waals surface area contributed by atoms with Crippen LogP contribution in [0.1, 0.15) is 11.1 Å². The molecule has 0 saturated heterocycles. The Morgan fingerprint density at radius 1 is 1.42 bits per heavy atom. The second-order valence-electron chi connectivity index (χ2n) is 2.75. The molecule has 0 atom stereocenters. The van der Waals surface area contributed by atoms with E-state index in [4.69, 9.17) is 21.7 Å². The van der Waals surface area contributed by atoms with E-state index in [0.717, 1.165) is 11.3 Å². The van der Waals surface area contributed by atoms with E-state index in [2.05, 4.69) is 0 Å². The summed E-state index contributed by atoms with van der Waals surface area (Å²) in [4.78, 5) is 0. The SMILES string of the molecule is Cc1ccc2c(c1)OC(=S)OC2. The standard InChI is InChI=1S/C9H8O2S/c1-6-2-3-7-5-10-9(12)11-8(7)4-6/h2-4H,5H2,1H3. The maximum Gasteiger partial charge on any atom is 0.358 e. The van der Waals surface area contributed by atoms with Crippen molar-refractivity contribution in [2.75, 3.05) is 0 Å². The fourth-order valence-corrected chi connectivity index (χ4v) is 1.28.